The van der Waals surface area contributed by atoms with Crippen LogP contribution in [-0.2, 0) is 11.3 Å². The number of nitrogens with zero attached hydrogens (tertiary/aromatic N) is 1. The van der Waals surface area contributed by atoms with Gasteiger partial charge in [0.1, 0.15) is 5.75 Å². The highest BCUT2D eigenvalue weighted by atomic mass is 79.9. The van der Waals surface area contributed by atoms with E-state index in [9.17, 15) is 4.79 Å². The van der Waals surface area contributed by atoms with Crippen molar-refractivity contribution in [1.29, 1.82) is 0 Å². The fourth-order valence-corrected chi connectivity index (χ4v) is 2.20. The Morgan fingerprint density at radius 2 is 2.15 bits per heavy atom. The van der Waals surface area contributed by atoms with Crippen molar-refractivity contribution in [2.24, 2.45) is 0 Å². The van der Waals surface area contributed by atoms with E-state index in [0.29, 0.717) is 6.54 Å². The van der Waals surface area contributed by atoms with Crippen molar-refractivity contribution >= 4 is 21.8 Å². The second kappa shape index (κ2) is 8.97. The molecule has 1 aromatic rings. The fraction of sp³-hybridized carbons (Fsp3) is 0.533. The minimum absolute atomic E-state index is 0.0179. The summed E-state index contributed by atoms with van der Waals surface area (Å²) in [6.07, 6.45) is 1.09. The van der Waals surface area contributed by atoms with Gasteiger partial charge in [-0.25, -0.2) is 0 Å². The SMILES string of the molecule is CCCNCc1cccc(Br)c1OCC(=O)N(C)CC. The highest BCUT2D eigenvalue weighted by molar-refractivity contribution is 9.10. The summed E-state index contributed by atoms with van der Waals surface area (Å²) in [5.74, 6) is 0.727. The maximum atomic E-state index is 11.8. The number of ether oxygens (including phenoxy) is 1. The quantitative estimate of drug-likeness (QED) is 0.738. The third-order valence-electron chi connectivity index (χ3n) is 3.03. The summed E-state index contributed by atoms with van der Waals surface area (Å²) in [4.78, 5) is 13.4. The summed E-state index contributed by atoms with van der Waals surface area (Å²) in [5.41, 5.74) is 1.06. The largest absolute Gasteiger partial charge is 0.482 e. The van der Waals surface area contributed by atoms with E-state index in [1.54, 1.807) is 11.9 Å². The van der Waals surface area contributed by atoms with Crippen LogP contribution in [0.5, 0.6) is 5.75 Å². The molecule has 1 rings (SSSR count). The smallest absolute Gasteiger partial charge is 0.260 e. The van der Waals surface area contributed by atoms with Crippen LogP contribution in [0.2, 0.25) is 0 Å². The number of nitrogens with one attached hydrogen (secondary N) is 1. The average molecular weight is 343 g/mol. The third kappa shape index (κ3) is 5.13. The number of carbonyl (C=O) groups excluding carboxylic acids is 1. The standard InChI is InChI=1S/C15H23BrN2O2/c1-4-9-17-10-12-7-6-8-13(16)15(12)20-11-14(19)18(3)5-2/h6-8,17H,4-5,9-11H2,1-3H3. The van der Waals surface area contributed by atoms with Crippen LogP contribution >= 0.6 is 15.9 Å². The number of para-hydroxylation sites is 1. The molecule has 0 fully saturated rings. The molecular weight excluding hydrogens is 320 g/mol. The molecule has 20 heavy (non-hydrogen) atoms. The van der Waals surface area contributed by atoms with Crippen LogP contribution in [0.4, 0.5) is 0 Å². The lowest BCUT2D eigenvalue weighted by atomic mass is 10.2. The molecule has 0 unspecified atom stereocenters. The topological polar surface area (TPSA) is 41.6 Å². The van der Waals surface area contributed by atoms with Gasteiger partial charge in [-0.1, -0.05) is 19.1 Å². The van der Waals surface area contributed by atoms with Crippen LogP contribution < -0.4 is 10.1 Å². The number of amides is 1. The summed E-state index contributed by atoms with van der Waals surface area (Å²) >= 11 is 3.48. The fourth-order valence-electron chi connectivity index (χ4n) is 1.67. The van der Waals surface area contributed by atoms with E-state index in [-0.39, 0.29) is 12.5 Å². The molecule has 0 atom stereocenters. The predicted molar refractivity (Wildman–Crippen MR) is 84.9 cm³/mol. The minimum atomic E-state index is -0.0179. The van der Waals surface area contributed by atoms with Crippen molar-refractivity contribution in [1.82, 2.24) is 10.2 Å². The van der Waals surface area contributed by atoms with Gasteiger partial charge >= 0.3 is 0 Å². The Morgan fingerprint density at radius 1 is 1.40 bits per heavy atom. The van der Waals surface area contributed by atoms with Crippen LogP contribution in [0.3, 0.4) is 0 Å². The van der Waals surface area contributed by atoms with Gasteiger partial charge in [0, 0.05) is 25.7 Å². The van der Waals surface area contributed by atoms with E-state index in [1.807, 2.05) is 25.1 Å². The molecule has 0 aliphatic rings. The van der Waals surface area contributed by atoms with Gasteiger partial charge in [-0.2, -0.15) is 0 Å². The van der Waals surface area contributed by atoms with E-state index in [1.165, 1.54) is 0 Å². The molecule has 0 spiro atoms. The highest BCUT2D eigenvalue weighted by Crippen LogP contribution is 2.29. The number of halogens is 1. The van der Waals surface area contributed by atoms with E-state index in [2.05, 4.69) is 28.2 Å². The van der Waals surface area contributed by atoms with Crippen molar-refractivity contribution in [3.63, 3.8) is 0 Å². The van der Waals surface area contributed by atoms with Gasteiger partial charge in [0.15, 0.2) is 6.61 Å². The average Bonchev–Trinajstić information content (AvgIpc) is 2.45. The predicted octanol–water partition coefficient (Wildman–Crippen LogP) is 2.81. The second-order valence-electron chi connectivity index (χ2n) is 4.60. The molecule has 0 bridgehead atoms. The lowest BCUT2D eigenvalue weighted by Gasteiger charge is -2.17. The zero-order valence-corrected chi connectivity index (χ0v) is 14.0. The van der Waals surface area contributed by atoms with Crippen LogP contribution in [0.15, 0.2) is 22.7 Å². The van der Waals surface area contributed by atoms with Crippen molar-refractivity contribution in [3.05, 3.63) is 28.2 Å². The summed E-state index contributed by atoms with van der Waals surface area (Å²) in [6, 6.07) is 5.91. The number of hydrogen-bond donors (Lipinski definition) is 1. The Bertz CT molecular complexity index is 438. The molecule has 0 saturated carbocycles. The van der Waals surface area contributed by atoms with Gasteiger partial charge in [-0.3, -0.25) is 4.79 Å². The molecule has 0 aliphatic heterocycles. The van der Waals surface area contributed by atoms with Crippen LogP contribution in [0, 0.1) is 0 Å². The Balaban J connectivity index is 2.69. The molecule has 0 aromatic heterocycles. The molecular formula is C15H23BrN2O2. The van der Waals surface area contributed by atoms with Crippen molar-refractivity contribution in [2.75, 3.05) is 26.7 Å². The van der Waals surface area contributed by atoms with Crippen molar-refractivity contribution in [3.8, 4) is 5.75 Å². The van der Waals surface area contributed by atoms with Gasteiger partial charge in [-0.15, -0.1) is 0 Å². The minimum Gasteiger partial charge on any atom is -0.482 e. The maximum Gasteiger partial charge on any atom is 0.260 e. The zero-order chi connectivity index (χ0) is 15.0. The summed E-state index contributed by atoms with van der Waals surface area (Å²) < 4.78 is 6.58. The van der Waals surface area contributed by atoms with Crippen LogP contribution in [-0.4, -0.2) is 37.6 Å². The Kier molecular flexibility index (Phi) is 7.62. The summed E-state index contributed by atoms with van der Waals surface area (Å²) in [5, 5.41) is 3.34. The van der Waals surface area contributed by atoms with Crippen molar-refractivity contribution < 1.29 is 9.53 Å². The van der Waals surface area contributed by atoms with E-state index >= 15 is 0 Å². The lowest BCUT2D eigenvalue weighted by molar-refractivity contribution is -0.131. The first-order chi connectivity index (χ1) is 9.60. The summed E-state index contributed by atoms with van der Waals surface area (Å²) in [6.45, 7) is 6.52. The molecule has 0 radical (unpaired) electrons. The van der Waals surface area contributed by atoms with Gasteiger partial charge < -0.3 is 15.0 Å². The van der Waals surface area contributed by atoms with E-state index in [0.717, 1.165) is 35.3 Å². The molecule has 5 heteroatoms. The highest BCUT2D eigenvalue weighted by Gasteiger charge is 2.12. The molecule has 0 saturated heterocycles. The Labute approximate surface area is 129 Å². The first kappa shape index (κ1) is 17.0. The number of likely N-dealkylation sites (N-methyl/N-ethyl adjacent to an activating group) is 1. The number of hydrogen-bond acceptors (Lipinski definition) is 3. The molecule has 1 aromatic carbocycles. The maximum absolute atomic E-state index is 11.8. The Morgan fingerprint density at radius 3 is 2.80 bits per heavy atom. The molecule has 4 nitrogen and oxygen atoms in total. The van der Waals surface area contributed by atoms with Gasteiger partial charge in [0.2, 0.25) is 0 Å². The molecule has 0 aliphatic carbocycles. The van der Waals surface area contributed by atoms with Gasteiger partial charge in [-0.05, 0) is 41.9 Å². The number of rotatable bonds is 8. The number of carbonyl (C=O) groups is 1. The van der Waals surface area contributed by atoms with E-state index in [4.69, 9.17) is 4.74 Å². The molecule has 1 amide bonds. The monoisotopic (exact) mass is 342 g/mol. The van der Waals surface area contributed by atoms with Crippen LogP contribution in [0.25, 0.3) is 0 Å². The first-order valence-electron chi connectivity index (χ1n) is 6.95. The molecule has 0 heterocycles. The lowest BCUT2D eigenvalue weighted by Crippen LogP contribution is -2.31. The normalized spacial score (nSPS) is 10.4. The van der Waals surface area contributed by atoms with Gasteiger partial charge in [0.25, 0.3) is 5.91 Å². The molecule has 1 N–H and O–H groups in total. The Hall–Kier alpha value is -1.07. The zero-order valence-electron chi connectivity index (χ0n) is 12.4. The van der Waals surface area contributed by atoms with Crippen molar-refractivity contribution in [2.45, 2.75) is 26.8 Å². The third-order valence-corrected chi connectivity index (χ3v) is 3.66. The second-order valence-corrected chi connectivity index (χ2v) is 5.46. The van der Waals surface area contributed by atoms with Crippen LogP contribution in [0.1, 0.15) is 25.8 Å². The molecule has 112 valence electrons. The van der Waals surface area contributed by atoms with Gasteiger partial charge in [0.05, 0.1) is 4.47 Å². The van der Waals surface area contributed by atoms with E-state index < -0.39 is 0 Å². The summed E-state index contributed by atoms with van der Waals surface area (Å²) in [7, 11) is 1.77. The number of benzene rings is 1. The first-order valence-corrected chi connectivity index (χ1v) is 7.74.